The van der Waals surface area contributed by atoms with Gasteiger partial charge in [0.2, 0.25) is 0 Å². The minimum Gasteiger partial charge on any atom is -0.494 e. The molecule has 0 unspecified atom stereocenters. The Morgan fingerprint density at radius 1 is 1.14 bits per heavy atom. The molecule has 2 aromatic heterocycles. The molecule has 1 amide bonds. The maximum Gasteiger partial charge on any atom is 0.267 e. The van der Waals surface area contributed by atoms with Crippen LogP contribution in [-0.4, -0.2) is 33.5 Å². The summed E-state index contributed by atoms with van der Waals surface area (Å²) in [6.45, 7) is 4.35. The molecule has 1 aliphatic rings. The molecule has 2 heterocycles. The quantitative estimate of drug-likeness (QED) is 0.143. The van der Waals surface area contributed by atoms with E-state index >= 15 is 0 Å². The summed E-state index contributed by atoms with van der Waals surface area (Å²) in [7, 11) is 0. The normalized spacial score (nSPS) is 13.4. The third kappa shape index (κ3) is 5.47. The van der Waals surface area contributed by atoms with Crippen LogP contribution < -0.4 is 15.7 Å². The van der Waals surface area contributed by atoms with Gasteiger partial charge in [0, 0.05) is 4.88 Å². The highest BCUT2D eigenvalue weighted by molar-refractivity contribution is 7.99. The first-order valence-electron chi connectivity index (χ1n) is 12.4. The summed E-state index contributed by atoms with van der Waals surface area (Å²) in [5.41, 5.74) is 6.03. The molecule has 0 aliphatic heterocycles. The monoisotopic (exact) mass is 532 g/mol. The van der Waals surface area contributed by atoms with Gasteiger partial charge in [-0.3, -0.25) is 14.2 Å². The third-order valence-electron chi connectivity index (χ3n) is 6.24. The fraction of sp³-hybridized carbons (Fsp3) is 0.286. The van der Waals surface area contributed by atoms with Crippen molar-refractivity contribution in [2.75, 3.05) is 12.4 Å². The van der Waals surface area contributed by atoms with Gasteiger partial charge < -0.3 is 4.74 Å². The Labute approximate surface area is 223 Å². The smallest absolute Gasteiger partial charge is 0.267 e. The van der Waals surface area contributed by atoms with E-state index in [0.29, 0.717) is 28.5 Å². The molecule has 1 N–H and O–H groups in total. The number of nitrogens with zero attached hydrogens (tertiary/aromatic N) is 3. The third-order valence-corrected chi connectivity index (χ3v) is 8.36. The van der Waals surface area contributed by atoms with Gasteiger partial charge in [-0.05, 0) is 74.9 Å². The number of aryl methyl sites for hydroxylation is 2. The van der Waals surface area contributed by atoms with Gasteiger partial charge in [-0.15, -0.1) is 11.3 Å². The molecular formula is C28H28N4O3S2. The van der Waals surface area contributed by atoms with Crippen molar-refractivity contribution in [2.45, 2.75) is 44.7 Å². The number of thioether (sulfide) groups is 1. The number of amides is 1. The minimum absolute atomic E-state index is 0.0750. The summed E-state index contributed by atoms with van der Waals surface area (Å²) < 4.78 is 7.20. The average Bonchev–Trinajstić information content (AvgIpc) is 3.30. The molecular weight excluding hydrogens is 504 g/mol. The van der Waals surface area contributed by atoms with Crippen molar-refractivity contribution in [1.82, 2.24) is 15.0 Å². The molecule has 190 valence electrons. The van der Waals surface area contributed by atoms with Crippen LogP contribution in [0.1, 0.15) is 42.7 Å². The fourth-order valence-corrected chi connectivity index (χ4v) is 6.53. The number of carbonyl (C=O) groups is 1. The summed E-state index contributed by atoms with van der Waals surface area (Å²) >= 11 is 2.84. The van der Waals surface area contributed by atoms with Crippen LogP contribution in [-0.2, 0) is 17.6 Å². The number of hydrogen-bond acceptors (Lipinski definition) is 7. The van der Waals surface area contributed by atoms with E-state index in [1.165, 1.54) is 16.6 Å². The maximum atomic E-state index is 13.9. The predicted octanol–water partition coefficient (Wildman–Crippen LogP) is 5.36. The summed E-state index contributed by atoms with van der Waals surface area (Å²) in [6, 6.07) is 17.1. The molecule has 0 fully saturated rings. The summed E-state index contributed by atoms with van der Waals surface area (Å²) in [5.74, 6) is 0.547. The van der Waals surface area contributed by atoms with Gasteiger partial charge in [-0.25, -0.2) is 10.4 Å². The van der Waals surface area contributed by atoms with E-state index in [9.17, 15) is 9.59 Å². The first-order valence-corrected chi connectivity index (χ1v) is 14.2. The zero-order valence-corrected chi connectivity index (χ0v) is 22.5. The summed E-state index contributed by atoms with van der Waals surface area (Å²) in [4.78, 5) is 33.4. The Morgan fingerprint density at radius 3 is 2.65 bits per heavy atom. The number of aromatic nitrogens is 2. The van der Waals surface area contributed by atoms with Crippen LogP contribution in [0, 0.1) is 0 Å². The second-order valence-electron chi connectivity index (χ2n) is 8.74. The van der Waals surface area contributed by atoms with Crippen molar-refractivity contribution >= 4 is 44.9 Å². The van der Waals surface area contributed by atoms with E-state index in [1.807, 2.05) is 68.4 Å². The lowest BCUT2D eigenvalue weighted by Gasteiger charge is -2.14. The Kier molecular flexibility index (Phi) is 7.71. The van der Waals surface area contributed by atoms with Crippen molar-refractivity contribution < 1.29 is 9.53 Å². The molecule has 37 heavy (non-hydrogen) atoms. The molecule has 0 bridgehead atoms. The average molecular weight is 533 g/mol. The van der Waals surface area contributed by atoms with Gasteiger partial charge in [-0.1, -0.05) is 42.1 Å². The SMILES string of the molecule is CCOc1ccc(-n2c(SCC(=O)NN=C(C)c3ccccc3)nc3sc4c(c3c2=O)CCCC4)cc1. The number of fused-ring (bicyclic) bond motifs is 3. The molecule has 2 aromatic carbocycles. The number of benzene rings is 2. The number of rotatable bonds is 8. The maximum absolute atomic E-state index is 13.9. The zero-order chi connectivity index (χ0) is 25.8. The highest BCUT2D eigenvalue weighted by Gasteiger charge is 2.23. The first kappa shape index (κ1) is 25.2. The van der Waals surface area contributed by atoms with Gasteiger partial charge in [-0.2, -0.15) is 5.10 Å². The molecule has 0 spiro atoms. The summed E-state index contributed by atoms with van der Waals surface area (Å²) in [5, 5.41) is 5.43. The number of ether oxygens (including phenoxy) is 1. The van der Waals surface area contributed by atoms with E-state index in [0.717, 1.165) is 47.4 Å². The second kappa shape index (κ2) is 11.3. The molecule has 0 saturated carbocycles. The molecule has 0 radical (unpaired) electrons. The standard InChI is InChI=1S/C28H28N4O3S2/c1-3-35-21-15-13-20(14-16-21)32-27(34)25-22-11-7-8-12-23(22)37-26(25)29-28(32)36-17-24(33)31-30-18(2)19-9-5-4-6-10-19/h4-6,9-10,13-16H,3,7-8,11-12,17H2,1-2H3,(H,31,33). The Bertz CT molecular complexity index is 1510. The van der Waals surface area contributed by atoms with E-state index in [2.05, 4.69) is 10.5 Å². The van der Waals surface area contributed by atoms with Crippen molar-refractivity contribution in [3.05, 3.63) is 81.0 Å². The van der Waals surface area contributed by atoms with Crippen LogP contribution in [0.3, 0.4) is 0 Å². The second-order valence-corrected chi connectivity index (χ2v) is 10.8. The van der Waals surface area contributed by atoms with E-state index in [1.54, 1.807) is 15.9 Å². The lowest BCUT2D eigenvalue weighted by molar-refractivity contribution is -0.118. The van der Waals surface area contributed by atoms with Gasteiger partial charge >= 0.3 is 0 Å². The van der Waals surface area contributed by atoms with E-state index < -0.39 is 0 Å². The van der Waals surface area contributed by atoms with Gasteiger partial charge in [0.05, 0.1) is 29.1 Å². The molecule has 4 aromatic rings. The van der Waals surface area contributed by atoms with Crippen LogP contribution in [0.5, 0.6) is 5.75 Å². The van der Waals surface area contributed by atoms with Gasteiger partial charge in [0.1, 0.15) is 10.6 Å². The zero-order valence-electron chi connectivity index (χ0n) is 20.8. The van der Waals surface area contributed by atoms with Crippen LogP contribution in [0.2, 0.25) is 0 Å². The highest BCUT2D eigenvalue weighted by atomic mass is 32.2. The summed E-state index contributed by atoms with van der Waals surface area (Å²) in [6.07, 6.45) is 4.12. The molecule has 1 aliphatic carbocycles. The lowest BCUT2D eigenvalue weighted by atomic mass is 9.97. The molecule has 9 heteroatoms. The van der Waals surface area contributed by atoms with Crippen LogP contribution in [0.4, 0.5) is 0 Å². The van der Waals surface area contributed by atoms with Gasteiger partial charge in [0.25, 0.3) is 11.5 Å². The van der Waals surface area contributed by atoms with Crippen LogP contribution >= 0.6 is 23.1 Å². The van der Waals surface area contributed by atoms with Crippen molar-refractivity contribution in [3.63, 3.8) is 0 Å². The van der Waals surface area contributed by atoms with E-state index in [-0.39, 0.29) is 17.2 Å². The van der Waals surface area contributed by atoms with Crippen LogP contribution in [0.15, 0.2) is 69.6 Å². The highest BCUT2D eigenvalue weighted by Crippen LogP contribution is 2.35. The Hall–Kier alpha value is -3.43. The van der Waals surface area contributed by atoms with Crippen molar-refractivity contribution in [2.24, 2.45) is 5.10 Å². The topological polar surface area (TPSA) is 85.6 Å². The van der Waals surface area contributed by atoms with Crippen molar-refractivity contribution in [1.29, 1.82) is 0 Å². The number of carbonyl (C=O) groups excluding carboxylic acids is 1. The van der Waals surface area contributed by atoms with Gasteiger partial charge in [0.15, 0.2) is 5.16 Å². The Morgan fingerprint density at radius 2 is 1.89 bits per heavy atom. The lowest BCUT2D eigenvalue weighted by Crippen LogP contribution is -2.24. The predicted molar refractivity (Wildman–Crippen MR) is 151 cm³/mol. The Balaban J connectivity index is 1.45. The van der Waals surface area contributed by atoms with Crippen molar-refractivity contribution in [3.8, 4) is 11.4 Å². The first-order chi connectivity index (χ1) is 18.0. The molecule has 5 rings (SSSR count). The number of hydrogen-bond donors (Lipinski definition) is 1. The molecule has 0 saturated heterocycles. The van der Waals surface area contributed by atoms with Crippen LogP contribution in [0.25, 0.3) is 15.9 Å². The largest absolute Gasteiger partial charge is 0.494 e. The molecule has 0 atom stereocenters. The number of hydrazone groups is 1. The minimum atomic E-state index is -0.265. The number of thiophene rings is 1. The molecule has 7 nitrogen and oxygen atoms in total. The fourth-order valence-electron chi connectivity index (χ4n) is 4.42. The number of nitrogens with one attached hydrogen (secondary N) is 1. The van der Waals surface area contributed by atoms with E-state index in [4.69, 9.17) is 9.72 Å².